The summed E-state index contributed by atoms with van der Waals surface area (Å²) in [5, 5.41) is 13.6. The Bertz CT molecular complexity index is 507. The van der Waals surface area contributed by atoms with Crippen LogP contribution in [0, 0.1) is 5.82 Å². The van der Waals surface area contributed by atoms with E-state index in [1.807, 2.05) is 0 Å². The smallest absolute Gasteiger partial charge is 0.322 e. The predicted octanol–water partition coefficient (Wildman–Crippen LogP) is 0.282. The molecule has 1 aromatic rings. The molecule has 19 heavy (non-hydrogen) atoms. The standard InChI is InChI=1S/C12H14FN3O3/c13-9-1-2-10-8(5-9)6-16(12(19)15-10)7-11(18)14-3-4-17/h1-2,5,17H,3-4,6-7H2,(H,14,18)(H,15,19). The largest absolute Gasteiger partial charge is 0.395 e. The average Bonchev–Trinajstić information content (AvgIpc) is 2.38. The first-order chi connectivity index (χ1) is 9.10. The molecular formula is C12H14FN3O3. The van der Waals surface area contributed by atoms with E-state index in [2.05, 4.69) is 10.6 Å². The normalized spacial score (nSPS) is 13.8. The zero-order chi connectivity index (χ0) is 13.8. The van der Waals surface area contributed by atoms with Gasteiger partial charge in [0, 0.05) is 12.2 Å². The number of carbonyl (C=O) groups is 2. The topological polar surface area (TPSA) is 81.7 Å². The third kappa shape index (κ3) is 3.19. The lowest BCUT2D eigenvalue weighted by Crippen LogP contribution is -2.45. The summed E-state index contributed by atoms with van der Waals surface area (Å²) in [6.45, 7) is 0.0126. The molecule has 1 aromatic carbocycles. The molecule has 1 aliphatic heterocycles. The maximum Gasteiger partial charge on any atom is 0.322 e. The molecule has 0 saturated heterocycles. The Morgan fingerprint density at radius 3 is 3.05 bits per heavy atom. The Kier molecular flexibility index (Phi) is 3.96. The monoisotopic (exact) mass is 267 g/mol. The summed E-state index contributed by atoms with van der Waals surface area (Å²) in [6, 6.07) is 3.68. The minimum atomic E-state index is -0.404. The van der Waals surface area contributed by atoms with E-state index in [0.29, 0.717) is 11.3 Å². The van der Waals surface area contributed by atoms with Gasteiger partial charge >= 0.3 is 6.03 Å². The van der Waals surface area contributed by atoms with Crippen molar-refractivity contribution < 1.29 is 19.1 Å². The lowest BCUT2D eigenvalue weighted by atomic mass is 10.1. The van der Waals surface area contributed by atoms with E-state index < -0.39 is 6.03 Å². The molecule has 7 heteroatoms. The van der Waals surface area contributed by atoms with Gasteiger partial charge in [-0.3, -0.25) is 4.79 Å². The van der Waals surface area contributed by atoms with E-state index in [0.717, 1.165) is 0 Å². The van der Waals surface area contributed by atoms with E-state index in [1.165, 1.54) is 23.1 Å². The number of anilines is 1. The molecule has 6 nitrogen and oxygen atoms in total. The highest BCUT2D eigenvalue weighted by Crippen LogP contribution is 2.23. The van der Waals surface area contributed by atoms with Crippen molar-refractivity contribution in [1.29, 1.82) is 0 Å². The number of aliphatic hydroxyl groups excluding tert-OH is 1. The number of hydrogen-bond donors (Lipinski definition) is 3. The highest BCUT2D eigenvalue weighted by molar-refractivity contribution is 5.94. The van der Waals surface area contributed by atoms with Crippen molar-refractivity contribution in [3.8, 4) is 0 Å². The molecule has 2 rings (SSSR count). The Morgan fingerprint density at radius 1 is 1.53 bits per heavy atom. The van der Waals surface area contributed by atoms with E-state index in [1.54, 1.807) is 0 Å². The second kappa shape index (κ2) is 5.66. The summed E-state index contributed by atoms with van der Waals surface area (Å²) in [5.74, 6) is -0.761. The fourth-order valence-corrected chi connectivity index (χ4v) is 1.84. The summed E-state index contributed by atoms with van der Waals surface area (Å²) in [7, 11) is 0. The number of amides is 3. The lowest BCUT2D eigenvalue weighted by Gasteiger charge is -2.28. The molecule has 3 amide bonds. The average molecular weight is 267 g/mol. The van der Waals surface area contributed by atoms with Gasteiger partial charge in [-0.05, 0) is 23.8 Å². The number of halogens is 1. The summed E-state index contributed by atoms with van der Waals surface area (Å²) >= 11 is 0. The van der Waals surface area contributed by atoms with Crippen LogP contribution in [0.5, 0.6) is 0 Å². The maximum absolute atomic E-state index is 13.1. The number of carbonyl (C=O) groups excluding carboxylic acids is 2. The molecule has 0 aliphatic carbocycles. The van der Waals surface area contributed by atoms with Gasteiger partial charge in [0.1, 0.15) is 12.4 Å². The molecule has 0 radical (unpaired) electrons. The number of aliphatic hydroxyl groups is 1. The van der Waals surface area contributed by atoms with Gasteiger partial charge in [0.2, 0.25) is 5.91 Å². The maximum atomic E-state index is 13.1. The van der Waals surface area contributed by atoms with Crippen LogP contribution >= 0.6 is 0 Å². The van der Waals surface area contributed by atoms with Crippen LogP contribution in [0.1, 0.15) is 5.56 Å². The fraction of sp³-hybridized carbons (Fsp3) is 0.333. The zero-order valence-corrected chi connectivity index (χ0v) is 10.1. The number of rotatable bonds is 4. The molecule has 102 valence electrons. The first-order valence-corrected chi connectivity index (χ1v) is 5.82. The van der Waals surface area contributed by atoms with Gasteiger partial charge in [0.05, 0.1) is 13.2 Å². The van der Waals surface area contributed by atoms with Crippen LogP contribution in [-0.2, 0) is 11.3 Å². The zero-order valence-electron chi connectivity index (χ0n) is 10.1. The fourth-order valence-electron chi connectivity index (χ4n) is 1.84. The number of fused-ring (bicyclic) bond motifs is 1. The molecule has 0 bridgehead atoms. The minimum absolute atomic E-state index is 0.137. The van der Waals surface area contributed by atoms with Gasteiger partial charge in [0.15, 0.2) is 0 Å². The van der Waals surface area contributed by atoms with Crippen LogP contribution in [0.3, 0.4) is 0 Å². The van der Waals surface area contributed by atoms with Crippen molar-refractivity contribution in [3.05, 3.63) is 29.6 Å². The quantitative estimate of drug-likeness (QED) is 0.733. The number of nitrogens with zero attached hydrogens (tertiary/aromatic N) is 1. The van der Waals surface area contributed by atoms with Gasteiger partial charge in [-0.1, -0.05) is 0 Å². The molecule has 1 aliphatic rings. The van der Waals surface area contributed by atoms with Crippen LogP contribution < -0.4 is 10.6 Å². The van der Waals surface area contributed by atoms with Crippen LogP contribution in [-0.4, -0.2) is 41.6 Å². The molecule has 1 heterocycles. The van der Waals surface area contributed by atoms with Gasteiger partial charge in [-0.2, -0.15) is 0 Å². The third-order valence-corrected chi connectivity index (χ3v) is 2.73. The Hall–Kier alpha value is -2.15. The van der Waals surface area contributed by atoms with Crippen molar-refractivity contribution in [2.75, 3.05) is 25.0 Å². The first-order valence-electron chi connectivity index (χ1n) is 5.82. The first kappa shape index (κ1) is 13.3. The Labute approximate surface area is 109 Å². The summed E-state index contributed by atoms with van der Waals surface area (Å²) < 4.78 is 13.1. The second-order valence-corrected chi connectivity index (χ2v) is 4.16. The molecule has 0 fully saturated rings. The highest BCUT2D eigenvalue weighted by Gasteiger charge is 2.24. The van der Waals surface area contributed by atoms with E-state index >= 15 is 0 Å². The third-order valence-electron chi connectivity index (χ3n) is 2.73. The molecule has 0 unspecified atom stereocenters. The van der Waals surface area contributed by atoms with Gasteiger partial charge < -0.3 is 20.6 Å². The second-order valence-electron chi connectivity index (χ2n) is 4.16. The van der Waals surface area contributed by atoms with Crippen molar-refractivity contribution in [2.45, 2.75) is 6.54 Å². The van der Waals surface area contributed by atoms with Gasteiger partial charge in [-0.25, -0.2) is 9.18 Å². The predicted molar refractivity (Wildman–Crippen MR) is 65.9 cm³/mol. The molecule has 0 spiro atoms. The van der Waals surface area contributed by atoms with Gasteiger partial charge in [0.25, 0.3) is 0 Å². The molecular weight excluding hydrogens is 253 g/mol. The molecule has 3 N–H and O–H groups in total. The summed E-state index contributed by atoms with van der Waals surface area (Å²) in [4.78, 5) is 24.5. The van der Waals surface area contributed by atoms with Gasteiger partial charge in [-0.15, -0.1) is 0 Å². The van der Waals surface area contributed by atoms with Crippen LogP contribution in [0.15, 0.2) is 18.2 Å². The lowest BCUT2D eigenvalue weighted by molar-refractivity contribution is -0.121. The Balaban J connectivity index is 2.04. The number of benzene rings is 1. The van der Waals surface area contributed by atoms with Crippen molar-refractivity contribution in [1.82, 2.24) is 10.2 Å². The van der Waals surface area contributed by atoms with Crippen LogP contribution in [0.4, 0.5) is 14.9 Å². The minimum Gasteiger partial charge on any atom is -0.395 e. The van der Waals surface area contributed by atoms with Crippen molar-refractivity contribution >= 4 is 17.6 Å². The van der Waals surface area contributed by atoms with Crippen molar-refractivity contribution in [2.24, 2.45) is 0 Å². The summed E-state index contributed by atoms with van der Waals surface area (Å²) in [5.41, 5.74) is 1.17. The van der Waals surface area contributed by atoms with E-state index in [4.69, 9.17) is 5.11 Å². The Morgan fingerprint density at radius 2 is 2.32 bits per heavy atom. The van der Waals surface area contributed by atoms with E-state index in [-0.39, 0.29) is 38.0 Å². The number of hydrogen-bond acceptors (Lipinski definition) is 3. The van der Waals surface area contributed by atoms with E-state index in [9.17, 15) is 14.0 Å². The summed E-state index contributed by atoms with van der Waals surface area (Å²) in [6.07, 6.45) is 0. The molecule has 0 atom stereocenters. The molecule has 0 saturated carbocycles. The molecule has 0 aromatic heterocycles. The number of nitrogens with one attached hydrogen (secondary N) is 2. The van der Waals surface area contributed by atoms with Crippen LogP contribution in [0.25, 0.3) is 0 Å². The SMILES string of the molecule is O=C(CN1Cc2cc(F)ccc2NC1=O)NCCO. The number of urea groups is 1. The van der Waals surface area contributed by atoms with Crippen molar-refractivity contribution in [3.63, 3.8) is 0 Å². The van der Waals surface area contributed by atoms with Crippen LogP contribution in [0.2, 0.25) is 0 Å². The highest BCUT2D eigenvalue weighted by atomic mass is 19.1.